The fourth-order valence-corrected chi connectivity index (χ4v) is 0.701. The van der Waals surface area contributed by atoms with Gasteiger partial charge in [-0.2, -0.15) is 0 Å². The molecule has 0 amide bonds. The Morgan fingerprint density at radius 2 is 2.10 bits per heavy atom. The molecule has 0 spiro atoms. The Kier molecular flexibility index (Phi) is 4.03. The van der Waals surface area contributed by atoms with Gasteiger partial charge in [-0.25, -0.2) is 0 Å². The number of hydrogen-bond acceptors (Lipinski definition) is 3. The molecule has 0 bridgehead atoms. The lowest BCUT2D eigenvalue weighted by molar-refractivity contribution is -0.140. The zero-order chi connectivity index (χ0) is 8.15. The van der Waals surface area contributed by atoms with Crippen molar-refractivity contribution < 1.29 is 9.53 Å². The Balaban J connectivity index is 0.000000371. The van der Waals surface area contributed by atoms with Crippen LogP contribution in [0.15, 0.2) is 0 Å². The van der Waals surface area contributed by atoms with Crippen molar-refractivity contribution in [2.24, 2.45) is 5.73 Å². The van der Waals surface area contributed by atoms with Gasteiger partial charge in [0, 0.05) is 0 Å². The van der Waals surface area contributed by atoms with Crippen LogP contribution in [-0.2, 0) is 9.53 Å². The summed E-state index contributed by atoms with van der Waals surface area (Å²) < 4.78 is 4.71. The van der Waals surface area contributed by atoms with Gasteiger partial charge in [-0.1, -0.05) is 13.8 Å². The third-order valence-electron chi connectivity index (χ3n) is 1.32. The molecule has 2 atom stereocenters. The molecular weight excluding hydrogens is 130 g/mol. The molecule has 1 saturated heterocycles. The first-order chi connectivity index (χ1) is 4.70. The number of carbonyl (C=O) groups is 1. The van der Waals surface area contributed by atoms with Gasteiger partial charge >= 0.3 is 5.97 Å². The molecular formula is C7H15NO2. The van der Waals surface area contributed by atoms with Crippen molar-refractivity contribution in [3.8, 4) is 0 Å². The molecule has 1 aliphatic rings. The number of cyclic esters (lactones) is 1. The highest BCUT2D eigenvalue weighted by Crippen LogP contribution is 2.10. The molecule has 3 nitrogen and oxygen atoms in total. The van der Waals surface area contributed by atoms with E-state index >= 15 is 0 Å². The molecule has 10 heavy (non-hydrogen) atoms. The fraction of sp³-hybridized carbons (Fsp3) is 0.857. The van der Waals surface area contributed by atoms with E-state index in [0.29, 0.717) is 6.42 Å². The average molecular weight is 145 g/mol. The highest BCUT2D eigenvalue weighted by atomic mass is 16.5. The summed E-state index contributed by atoms with van der Waals surface area (Å²) in [6.45, 7) is 5.80. The van der Waals surface area contributed by atoms with E-state index in [1.807, 2.05) is 13.8 Å². The van der Waals surface area contributed by atoms with Crippen LogP contribution in [0.1, 0.15) is 27.2 Å². The smallest absolute Gasteiger partial charge is 0.307 e. The Hall–Kier alpha value is -0.570. The first-order valence-corrected chi connectivity index (χ1v) is 3.65. The Labute approximate surface area is 61.5 Å². The fourth-order valence-electron chi connectivity index (χ4n) is 0.701. The van der Waals surface area contributed by atoms with E-state index in [4.69, 9.17) is 10.5 Å². The molecule has 1 heterocycles. The molecule has 0 aromatic carbocycles. The maximum absolute atomic E-state index is 10.4. The van der Waals surface area contributed by atoms with E-state index in [0.717, 1.165) is 0 Å². The first kappa shape index (κ1) is 9.43. The number of rotatable bonds is 0. The van der Waals surface area contributed by atoms with Crippen LogP contribution >= 0.6 is 0 Å². The minimum absolute atomic E-state index is 0.0810. The predicted molar refractivity (Wildman–Crippen MR) is 39.5 cm³/mol. The molecule has 0 aromatic rings. The first-order valence-electron chi connectivity index (χ1n) is 3.65. The zero-order valence-corrected chi connectivity index (χ0v) is 6.76. The van der Waals surface area contributed by atoms with Crippen LogP contribution in [0, 0.1) is 0 Å². The van der Waals surface area contributed by atoms with E-state index in [-0.39, 0.29) is 18.1 Å². The molecule has 2 N–H and O–H groups in total. The van der Waals surface area contributed by atoms with Gasteiger partial charge in [0.15, 0.2) is 0 Å². The van der Waals surface area contributed by atoms with Crippen LogP contribution in [-0.4, -0.2) is 18.1 Å². The van der Waals surface area contributed by atoms with Crippen molar-refractivity contribution in [1.82, 2.24) is 0 Å². The van der Waals surface area contributed by atoms with Crippen molar-refractivity contribution in [2.45, 2.75) is 39.3 Å². The van der Waals surface area contributed by atoms with Crippen LogP contribution in [0.2, 0.25) is 0 Å². The summed E-state index contributed by atoms with van der Waals surface area (Å²) in [5.74, 6) is -0.176. The molecule has 1 rings (SSSR count). The van der Waals surface area contributed by atoms with Gasteiger partial charge < -0.3 is 10.5 Å². The molecule has 0 aliphatic carbocycles. The SMILES string of the molecule is CC.C[C@H]1OC(=O)C[C@H]1N. The quantitative estimate of drug-likeness (QED) is 0.510. The standard InChI is InChI=1S/C5H9NO2.C2H6/c1-3-4(6)2-5(7)8-3;1-2/h3-4H,2,6H2,1H3;1-2H3/t3-,4-;/m1./s1. The van der Waals surface area contributed by atoms with Crippen LogP contribution in [0.5, 0.6) is 0 Å². The second kappa shape index (κ2) is 4.28. The molecule has 1 aliphatic heterocycles. The second-order valence-corrected chi connectivity index (χ2v) is 2.06. The number of hydrogen-bond donors (Lipinski definition) is 1. The topological polar surface area (TPSA) is 52.3 Å². The number of esters is 1. The third-order valence-corrected chi connectivity index (χ3v) is 1.32. The minimum atomic E-state index is -0.176. The van der Waals surface area contributed by atoms with Gasteiger partial charge in [-0.3, -0.25) is 4.79 Å². The van der Waals surface area contributed by atoms with E-state index in [1.165, 1.54) is 0 Å². The highest BCUT2D eigenvalue weighted by Gasteiger charge is 2.27. The monoisotopic (exact) mass is 145 g/mol. The van der Waals surface area contributed by atoms with Crippen molar-refractivity contribution in [1.29, 1.82) is 0 Å². The highest BCUT2D eigenvalue weighted by molar-refractivity contribution is 5.72. The van der Waals surface area contributed by atoms with E-state index < -0.39 is 0 Å². The largest absolute Gasteiger partial charge is 0.461 e. The lowest BCUT2D eigenvalue weighted by Crippen LogP contribution is -2.26. The van der Waals surface area contributed by atoms with Gasteiger partial charge in [-0.05, 0) is 6.92 Å². The Morgan fingerprint density at radius 3 is 2.20 bits per heavy atom. The van der Waals surface area contributed by atoms with Crippen LogP contribution < -0.4 is 5.73 Å². The third kappa shape index (κ3) is 2.35. The lowest BCUT2D eigenvalue weighted by Gasteiger charge is -2.03. The van der Waals surface area contributed by atoms with Crippen LogP contribution in [0.25, 0.3) is 0 Å². The van der Waals surface area contributed by atoms with E-state index in [9.17, 15) is 4.79 Å². The Bertz CT molecular complexity index is 102. The van der Waals surface area contributed by atoms with Gasteiger partial charge in [0.2, 0.25) is 0 Å². The molecule has 1 fully saturated rings. The van der Waals surface area contributed by atoms with Gasteiger partial charge in [-0.15, -0.1) is 0 Å². The van der Waals surface area contributed by atoms with Gasteiger partial charge in [0.05, 0.1) is 12.5 Å². The normalized spacial score (nSPS) is 30.6. The maximum atomic E-state index is 10.4. The second-order valence-electron chi connectivity index (χ2n) is 2.06. The summed E-state index contributed by atoms with van der Waals surface area (Å²) in [6.07, 6.45) is 0.295. The van der Waals surface area contributed by atoms with Crippen LogP contribution in [0.4, 0.5) is 0 Å². The van der Waals surface area contributed by atoms with Crippen molar-refractivity contribution >= 4 is 5.97 Å². The summed E-state index contributed by atoms with van der Waals surface area (Å²) in [5.41, 5.74) is 5.42. The molecule has 60 valence electrons. The molecule has 0 aromatic heterocycles. The number of carbonyl (C=O) groups excluding carboxylic acids is 1. The van der Waals surface area contributed by atoms with E-state index in [1.54, 1.807) is 6.92 Å². The van der Waals surface area contributed by atoms with Crippen molar-refractivity contribution in [3.63, 3.8) is 0 Å². The summed E-state index contributed by atoms with van der Waals surface area (Å²) >= 11 is 0. The maximum Gasteiger partial charge on any atom is 0.307 e. The summed E-state index contributed by atoms with van der Waals surface area (Å²) in [6, 6.07) is -0.0810. The lowest BCUT2D eigenvalue weighted by atomic mass is 10.2. The summed E-state index contributed by atoms with van der Waals surface area (Å²) in [7, 11) is 0. The predicted octanol–water partition coefficient (Wildman–Crippen LogP) is 0.675. The molecule has 0 saturated carbocycles. The molecule has 0 unspecified atom stereocenters. The van der Waals surface area contributed by atoms with Crippen molar-refractivity contribution in [2.75, 3.05) is 0 Å². The van der Waals surface area contributed by atoms with Crippen LogP contribution in [0.3, 0.4) is 0 Å². The molecule has 3 heteroatoms. The number of ether oxygens (including phenoxy) is 1. The molecule has 0 radical (unpaired) electrons. The van der Waals surface area contributed by atoms with Gasteiger partial charge in [0.25, 0.3) is 0 Å². The Morgan fingerprint density at radius 1 is 1.60 bits per heavy atom. The van der Waals surface area contributed by atoms with Gasteiger partial charge in [0.1, 0.15) is 6.10 Å². The minimum Gasteiger partial charge on any atom is -0.461 e. The summed E-state index contributed by atoms with van der Waals surface area (Å²) in [4.78, 5) is 10.4. The zero-order valence-electron chi connectivity index (χ0n) is 6.76. The summed E-state index contributed by atoms with van der Waals surface area (Å²) in [5, 5.41) is 0. The van der Waals surface area contributed by atoms with E-state index in [2.05, 4.69) is 0 Å². The van der Waals surface area contributed by atoms with Crippen molar-refractivity contribution in [3.05, 3.63) is 0 Å². The average Bonchev–Trinajstić information content (AvgIpc) is 2.16. The number of nitrogens with two attached hydrogens (primary N) is 1.